The number of fused-ring (bicyclic) bond motifs is 10. The molecule has 0 aliphatic heterocycles. The van der Waals surface area contributed by atoms with Crippen molar-refractivity contribution in [2.24, 2.45) is 0 Å². The van der Waals surface area contributed by atoms with Gasteiger partial charge in [0.05, 0.1) is 22.9 Å². The van der Waals surface area contributed by atoms with Crippen molar-refractivity contribution in [2.45, 2.75) is 0 Å². The first-order chi connectivity index (χ1) is 29.2. The van der Waals surface area contributed by atoms with Gasteiger partial charge in [0.1, 0.15) is 11.2 Å². The van der Waals surface area contributed by atoms with Gasteiger partial charge in [0, 0.05) is 32.7 Å². The standard InChI is InChI=1S/C56H34N2O/c1-2-14-45-42(37-27-29-38(30-28-37)43-20-10-21-51-48-17-7-8-22-53(48)59-56(43)51)32-31-41(44(45)13-1)36-25-23-35(24-26-36)39-11-9-12-40(33-39)52-34-57-54-49-18-5-3-15-46(49)47-16-4-6-19-50(47)55(54)58-52/h1-34H. The normalized spacial score (nSPS) is 11.7. The van der Waals surface area contributed by atoms with Crippen LogP contribution >= 0.6 is 0 Å². The van der Waals surface area contributed by atoms with Crippen LogP contribution in [0.15, 0.2) is 211 Å². The van der Waals surface area contributed by atoms with Crippen molar-refractivity contribution in [2.75, 3.05) is 0 Å². The largest absolute Gasteiger partial charge is 0.455 e. The summed E-state index contributed by atoms with van der Waals surface area (Å²) in [7, 11) is 0. The second-order valence-electron chi connectivity index (χ2n) is 15.3. The summed E-state index contributed by atoms with van der Waals surface area (Å²) < 4.78 is 6.35. The number of rotatable bonds is 5. The molecule has 0 saturated heterocycles. The number of para-hydroxylation sites is 2. The van der Waals surface area contributed by atoms with E-state index < -0.39 is 0 Å². The van der Waals surface area contributed by atoms with Crippen molar-refractivity contribution < 1.29 is 4.42 Å². The minimum Gasteiger partial charge on any atom is -0.455 e. The first-order valence-electron chi connectivity index (χ1n) is 20.1. The molecule has 0 aliphatic carbocycles. The Labute approximate surface area is 340 Å². The van der Waals surface area contributed by atoms with Gasteiger partial charge in [-0.2, -0.15) is 0 Å². The summed E-state index contributed by atoms with van der Waals surface area (Å²) in [4.78, 5) is 10.2. The van der Waals surface area contributed by atoms with Gasteiger partial charge in [-0.25, -0.2) is 4.98 Å². The van der Waals surface area contributed by atoms with Crippen LogP contribution in [0.3, 0.4) is 0 Å². The molecule has 0 bridgehead atoms. The maximum absolute atomic E-state index is 6.35. The summed E-state index contributed by atoms with van der Waals surface area (Å²) in [5, 5.41) is 9.38. The van der Waals surface area contributed by atoms with Gasteiger partial charge >= 0.3 is 0 Å². The second-order valence-corrected chi connectivity index (χ2v) is 15.3. The Morgan fingerprint density at radius 1 is 0.305 bits per heavy atom. The molecule has 0 atom stereocenters. The van der Waals surface area contributed by atoms with E-state index in [2.05, 4.69) is 188 Å². The smallest absolute Gasteiger partial charge is 0.143 e. The van der Waals surface area contributed by atoms with Gasteiger partial charge in [-0.3, -0.25) is 4.98 Å². The predicted molar refractivity (Wildman–Crippen MR) is 247 cm³/mol. The molecule has 2 heterocycles. The van der Waals surface area contributed by atoms with Gasteiger partial charge in [-0.1, -0.05) is 188 Å². The van der Waals surface area contributed by atoms with Crippen molar-refractivity contribution in [1.82, 2.24) is 9.97 Å². The molecule has 3 nitrogen and oxygen atoms in total. The molecule has 12 aromatic rings. The van der Waals surface area contributed by atoms with E-state index in [0.29, 0.717) is 0 Å². The first-order valence-corrected chi connectivity index (χ1v) is 20.1. The lowest BCUT2D eigenvalue weighted by Crippen LogP contribution is -1.92. The van der Waals surface area contributed by atoms with Gasteiger partial charge in [-0.15, -0.1) is 0 Å². The van der Waals surface area contributed by atoms with Crippen LogP contribution in [0.25, 0.3) is 121 Å². The van der Waals surface area contributed by atoms with Gasteiger partial charge in [0.25, 0.3) is 0 Å². The SMILES string of the molecule is c1cc(-c2ccc(-c3ccc(-c4ccc(-c5cccc6c5oc5ccccc56)cc4)c4ccccc34)cc2)cc(-c2cnc3c4ccccc4c4ccccc4c3n2)c1. The lowest BCUT2D eigenvalue weighted by atomic mass is 9.90. The summed E-state index contributed by atoms with van der Waals surface area (Å²) in [5.41, 5.74) is 14.9. The molecule has 0 aliphatic rings. The lowest BCUT2D eigenvalue weighted by molar-refractivity contribution is 0.670. The fourth-order valence-corrected chi connectivity index (χ4v) is 9.07. The Balaban J connectivity index is 0.862. The van der Waals surface area contributed by atoms with E-state index in [1.54, 1.807) is 0 Å². The number of hydrogen-bond acceptors (Lipinski definition) is 3. The lowest BCUT2D eigenvalue weighted by Gasteiger charge is -2.13. The van der Waals surface area contributed by atoms with E-state index >= 15 is 0 Å². The highest BCUT2D eigenvalue weighted by Crippen LogP contribution is 2.40. The molecule has 59 heavy (non-hydrogen) atoms. The minimum absolute atomic E-state index is 0.862. The molecule has 0 radical (unpaired) electrons. The number of nitrogens with zero attached hydrogens (tertiary/aromatic N) is 2. The van der Waals surface area contributed by atoms with Crippen LogP contribution in [0, 0.1) is 0 Å². The van der Waals surface area contributed by atoms with Gasteiger partial charge in [0.15, 0.2) is 0 Å². The van der Waals surface area contributed by atoms with Crippen LogP contribution in [0.5, 0.6) is 0 Å². The molecular formula is C56H34N2O. The van der Waals surface area contributed by atoms with E-state index in [4.69, 9.17) is 14.4 Å². The summed E-state index contributed by atoms with van der Waals surface area (Å²) in [6, 6.07) is 71.4. The second kappa shape index (κ2) is 13.4. The molecule has 0 saturated carbocycles. The molecule has 12 rings (SSSR count). The predicted octanol–water partition coefficient (Wildman–Crippen LogP) is 15.3. The highest BCUT2D eigenvalue weighted by atomic mass is 16.3. The molecule has 0 unspecified atom stereocenters. The van der Waals surface area contributed by atoms with E-state index in [1.807, 2.05) is 18.3 Å². The van der Waals surface area contributed by atoms with Crippen LogP contribution < -0.4 is 0 Å². The molecule has 274 valence electrons. The number of aromatic nitrogens is 2. The Bertz CT molecular complexity index is 3560. The molecule has 0 fully saturated rings. The third-order valence-corrected chi connectivity index (χ3v) is 11.9. The van der Waals surface area contributed by atoms with Crippen molar-refractivity contribution in [1.29, 1.82) is 0 Å². The maximum Gasteiger partial charge on any atom is 0.143 e. The summed E-state index contributed by atoms with van der Waals surface area (Å²) in [5.74, 6) is 0. The van der Waals surface area contributed by atoms with Crippen LogP contribution in [0.1, 0.15) is 0 Å². The Morgan fingerprint density at radius 3 is 1.46 bits per heavy atom. The van der Waals surface area contributed by atoms with Crippen LogP contribution in [0.2, 0.25) is 0 Å². The molecule has 0 spiro atoms. The van der Waals surface area contributed by atoms with E-state index in [-0.39, 0.29) is 0 Å². The van der Waals surface area contributed by atoms with Gasteiger partial charge in [0.2, 0.25) is 0 Å². The third-order valence-electron chi connectivity index (χ3n) is 11.9. The molecule has 3 heteroatoms. The highest BCUT2D eigenvalue weighted by molar-refractivity contribution is 6.23. The molecule has 10 aromatic carbocycles. The molecule has 2 aromatic heterocycles. The Hall–Kier alpha value is -7.88. The van der Waals surface area contributed by atoms with E-state index in [1.165, 1.54) is 43.8 Å². The monoisotopic (exact) mass is 750 g/mol. The minimum atomic E-state index is 0.862. The molecule has 0 amide bonds. The molecule has 0 N–H and O–H groups in total. The van der Waals surface area contributed by atoms with Crippen molar-refractivity contribution in [3.63, 3.8) is 0 Å². The van der Waals surface area contributed by atoms with Crippen molar-refractivity contribution in [3.05, 3.63) is 206 Å². The zero-order valence-electron chi connectivity index (χ0n) is 31.9. The summed E-state index contributed by atoms with van der Waals surface area (Å²) in [6.07, 6.45) is 1.91. The van der Waals surface area contributed by atoms with Crippen molar-refractivity contribution in [3.8, 4) is 55.8 Å². The zero-order valence-corrected chi connectivity index (χ0v) is 31.9. The third kappa shape index (κ3) is 5.44. The Morgan fingerprint density at radius 2 is 0.797 bits per heavy atom. The zero-order chi connectivity index (χ0) is 38.9. The Kier molecular flexibility index (Phi) is 7.54. The van der Waals surface area contributed by atoms with Crippen molar-refractivity contribution >= 4 is 65.3 Å². The number of benzene rings is 10. The summed E-state index contributed by atoms with van der Waals surface area (Å²) in [6.45, 7) is 0. The number of furan rings is 1. The first kappa shape index (κ1) is 33.3. The summed E-state index contributed by atoms with van der Waals surface area (Å²) >= 11 is 0. The van der Waals surface area contributed by atoms with Gasteiger partial charge in [-0.05, 0) is 72.6 Å². The van der Waals surface area contributed by atoms with E-state index in [0.717, 1.165) is 77.3 Å². The van der Waals surface area contributed by atoms with Gasteiger partial charge < -0.3 is 4.42 Å². The average Bonchev–Trinajstić information content (AvgIpc) is 3.70. The maximum atomic E-state index is 6.35. The average molecular weight is 751 g/mol. The fraction of sp³-hybridized carbons (Fsp3) is 0. The number of hydrogen-bond donors (Lipinski definition) is 0. The molecular weight excluding hydrogens is 717 g/mol. The van der Waals surface area contributed by atoms with Crippen LogP contribution in [0.4, 0.5) is 0 Å². The topological polar surface area (TPSA) is 38.9 Å². The fourth-order valence-electron chi connectivity index (χ4n) is 9.07. The quantitative estimate of drug-likeness (QED) is 0.164. The van der Waals surface area contributed by atoms with E-state index in [9.17, 15) is 0 Å². The van der Waals surface area contributed by atoms with Crippen LogP contribution in [-0.4, -0.2) is 9.97 Å². The van der Waals surface area contributed by atoms with Crippen LogP contribution in [-0.2, 0) is 0 Å². The highest BCUT2D eigenvalue weighted by Gasteiger charge is 2.15.